The molecule has 10 heavy (non-hydrogen) atoms. The van der Waals surface area contributed by atoms with Crippen LogP contribution in [0.15, 0.2) is 18.2 Å². The molecule has 2 rings (SSSR count). The number of phenols is 1. The van der Waals surface area contributed by atoms with Crippen molar-refractivity contribution in [3.8, 4) is 5.75 Å². The molecule has 1 aromatic rings. The summed E-state index contributed by atoms with van der Waals surface area (Å²) in [5.41, 5.74) is 2.14. The maximum absolute atomic E-state index is 9.27. The monoisotopic (exact) mass is 135 g/mol. The minimum atomic E-state index is 0.370. The normalized spacial score (nSPS) is 14.4. The molecule has 0 saturated heterocycles. The highest BCUT2D eigenvalue weighted by atomic mass is 16.3. The van der Waals surface area contributed by atoms with Gasteiger partial charge >= 0.3 is 0 Å². The van der Waals surface area contributed by atoms with Gasteiger partial charge in [-0.15, -0.1) is 0 Å². The third-order valence-corrected chi connectivity index (χ3v) is 1.82. The molecule has 52 valence electrons. The van der Waals surface area contributed by atoms with E-state index in [1.807, 2.05) is 12.1 Å². The minimum Gasteiger partial charge on any atom is -0.506 e. The first-order valence-electron chi connectivity index (χ1n) is 3.42. The van der Waals surface area contributed by atoms with Crippen LogP contribution in [0.4, 0.5) is 5.69 Å². The van der Waals surface area contributed by atoms with Gasteiger partial charge in [-0.3, -0.25) is 0 Å². The summed E-state index contributed by atoms with van der Waals surface area (Å²) in [5.74, 6) is 0.370. The lowest BCUT2D eigenvalue weighted by Crippen LogP contribution is -1.90. The van der Waals surface area contributed by atoms with Crippen LogP contribution < -0.4 is 5.32 Å². The fraction of sp³-hybridized carbons (Fsp3) is 0.250. The molecule has 0 unspecified atom stereocenters. The van der Waals surface area contributed by atoms with Crippen molar-refractivity contribution in [2.75, 3.05) is 11.9 Å². The summed E-state index contributed by atoms with van der Waals surface area (Å²) in [5, 5.41) is 12.4. The topological polar surface area (TPSA) is 32.3 Å². The molecule has 0 aromatic heterocycles. The first-order chi connectivity index (χ1) is 4.88. The molecule has 2 N–H and O–H groups in total. The molecule has 0 saturated carbocycles. The Morgan fingerprint density at radius 2 is 2.30 bits per heavy atom. The summed E-state index contributed by atoms with van der Waals surface area (Å²) in [6.45, 7) is 0.951. The molecular formula is C8H9NO. The Hall–Kier alpha value is -1.18. The minimum absolute atomic E-state index is 0.370. The molecule has 1 aliphatic rings. The van der Waals surface area contributed by atoms with Crippen molar-refractivity contribution in [1.29, 1.82) is 0 Å². The zero-order valence-corrected chi connectivity index (χ0v) is 5.59. The average Bonchev–Trinajstić information content (AvgIpc) is 2.36. The molecule has 0 aliphatic carbocycles. The lowest BCUT2D eigenvalue weighted by Gasteiger charge is -2.00. The summed E-state index contributed by atoms with van der Waals surface area (Å²) in [6, 6.07) is 5.62. The SMILES string of the molecule is Oc1cccc2c1NCC2. The smallest absolute Gasteiger partial charge is 0.138 e. The van der Waals surface area contributed by atoms with Crippen LogP contribution in [0, 0.1) is 0 Å². The van der Waals surface area contributed by atoms with Crippen LogP contribution in [0.3, 0.4) is 0 Å². The molecule has 0 atom stereocenters. The first kappa shape index (κ1) is 5.59. The quantitative estimate of drug-likeness (QED) is 0.526. The van der Waals surface area contributed by atoms with Crippen LogP contribution in [-0.2, 0) is 6.42 Å². The number of aromatic hydroxyl groups is 1. The number of anilines is 1. The summed E-state index contributed by atoms with van der Waals surface area (Å²) in [7, 11) is 0. The Morgan fingerprint density at radius 1 is 1.40 bits per heavy atom. The summed E-state index contributed by atoms with van der Waals surface area (Å²) >= 11 is 0. The van der Waals surface area contributed by atoms with Gasteiger partial charge in [0, 0.05) is 6.54 Å². The van der Waals surface area contributed by atoms with E-state index < -0.39 is 0 Å². The van der Waals surface area contributed by atoms with Crippen molar-refractivity contribution in [1.82, 2.24) is 0 Å². The number of rotatable bonds is 0. The van der Waals surface area contributed by atoms with Gasteiger partial charge in [0.15, 0.2) is 0 Å². The molecule has 1 aliphatic heterocycles. The van der Waals surface area contributed by atoms with Gasteiger partial charge in [-0.2, -0.15) is 0 Å². The van der Waals surface area contributed by atoms with E-state index in [4.69, 9.17) is 0 Å². The van der Waals surface area contributed by atoms with E-state index in [-0.39, 0.29) is 0 Å². The molecule has 2 heteroatoms. The number of hydrogen-bond donors (Lipinski definition) is 2. The molecule has 2 nitrogen and oxygen atoms in total. The van der Waals surface area contributed by atoms with Crippen molar-refractivity contribution < 1.29 is 5.11 Å². The molecule has 1 aromatic carbocycles. The van der Waals surface area contributed by atoms with E-state index >= 15 is 0 Å². The van der Waals surface area contributed by atoms with Crippen molar-refractivity contribution in [3.63, 3.8) is 0 Å². The fourth-order valence-electron chi connectivity index (χ4n) is 1.32. The highest BCUT2D eigenvalue weighted by Crippen LogP contribution is 2.30. The van der Waals surface area contributed by atoms with Crippen molar-refractivity contribution in [3.05, 3.63) is 23.8 Å². The molecule has 0 fully saturated rings. The van der Waals surface area contributed by atoms with E-state index in [1.165, 1.54) is 5.56 Å². The third-order valence-electron chi connectivity index (χ3n) is 1.82. The second kappa shape index (κ2) is 1.90. The van der Waals surface area contributed by atoms with E-state index in [2.05, 4.69) is 5.32 Å². The molecule has 0 radical (unpaired) electrons. The zero-order chi connectivity index (χ0) is 6.97. The number of hydrogen-bond acceptors (Lipinski definition) is 2. The number of fused-ring (bicyclic) bond motifs is 1. The number of phenolic OH excluding ortho intramolecular Hbond substituents is 1. The average molecular weight is 135 g/mol. The van der Waals surface area contributed by atoms with Crippen LogP contribution in [0.1, 0.15) is 5.56 Å². The van der Waals surface area contributed by atoms with Crippen LogP contribution in [-0.4, -0.2) is 11.7 Å². The third kappa shape index (κ3) is 0.652. The maximum Gasteiger partial charge on any atom is 0.138 e. The van der Waals surface area contributed by atoms with Gasteiger partial charge in [0.2, 0.25) is 0 Å². The first-order valence-corrected chi connectivity index (χ1v) is 3.42. The van der Waals surface area contributed by atoms with Crippen LogP contribution in [0.2, 0.25) is 0 Å². The summed E-state index contributed by atoms with van der Waals surface area (Å²) < 4.78 is 0. The van der Waals surface area contributed by atoms with E-state index in [1.54, 1.807) is 6.07 Å². The van der Waals surface area contributed by atoms with Crippen molar-refractivity contribution in [2.45, 2.75) is 6.42 Å². The van der Waals surface area contributed by atoms with Crippen LogP contribution in [0.25, 0.3) is 0 Å². The van der Waals surface area contributed by atoms with E-state index in [0.717, 1.165) is 18.7 Å². The Bertz CT molecular complexity index is 257. The van der Waals surface area contributed by atoms with Gasteiger partial charge in [0.05, 0.1) is 5.69 Å². The maximum atomic E-state index is 9.27. The van der Waals surface area contributed by atoms with Gasteiger partial charge in [-0.25, -0.2) is 0 Å². The van der Waals surface area contributed by atoms with E-state index in [9.17, 15) is 5.11 Å². The Balaban J connectivity index is 2.59. The molecule has 0 amide bonds. The molecular weight excluding hydrogens is 126 g/mol. The van der Waals surface area contributed by atoms with E-state index in [0.29, 0.717) is 5.75 Å². The van der Waals surface area contributed by atoms with Gasteiger partial charge in [0.25, 0.3) is 0 Å². The highest BCUT2D eigenvalue weighted by Gasteiger charge is 2.11. The molecule has 0 bridgehead atoms. The standard InChI is InChI=1S/C8H9NO/c10-7-3-1-2-6-4-5-9-8(6)7/h1-3,9-10H,4-5H2. The summed E-state index contributed by atoms with van der Waals surface area (Å²) in [6.07, 6.45) is 1.03. The molecule has 1 heterocycles. The largest absolute Gasteiger partial charge is 0.506 e. The Morgan fingerprint density at radius 3 is 3.10 bits per heavy atom. The lowest BCUT2D eigenvalue weighted by atomic mass is 10.1. The summed E-state index contributed by atoms with van der Waals surface area (Å²) in [4.78, 5) is 0. The van der Waals surface area contributed by atoms with Gasteiger partial charge in [-0.05, 0) is 18.1 Å². The van der Waals surface area contributed by atoms with Crippen molar-refractivity contribution in [2.24, 2.45) is 0 Å². The molecule has 0 spiro atoms. The lowest BCUT2D eigenvalue weighted by molar-refractivity contribution is 0.477. The number of nitrogens with one attached hydrogen (secondary N) is 1. The highest BCUT2D eigenvalue weighted by molar-refractivity contribution is 5.64. The van der Waals surface area contributed by atoms with Crippen molar-refractivity contribution >= 4 is 5.69 Å². The number of para-hydroxylation sites is 1. The van der Waals surface area contributed by atoms with Crippen LogP contribution >= 0.6 is 0 Å². The zero-order valence-electron chi connectivity index (χ0n) is 5.59. The van der Waals surface area contributed by atoms with Gasteiger partial charge in [0.1, 0.15) is 5.75 Å². The van der Waals surface area contributed by atoms with Gasteiger partial charge in [-0.1, -0.05) is 12.1 Å². The second-order valence-corrected chi connectivity index (χ2v) is 2.49. The second-order valence-electron chi connectivity index (χ2n) is 2.49. The predicted molar refractivity (Wildman–Crippen MR) is 40.3 cm³/mol. The number of benzene rings is 1. The predicted octanol–water partition coefficient (Wildman–Crippen LogP) is 1.36. The van der Waals surface area contributed by atoms with Gasteiger partial charge < -0.3 is 10.4 Å². The Labute approximate surface area is 59.5 Å². The van der Waals surface area contributed by atoms with Crippen LogP contribution in [0.5, 0.6) is 5.75 Å². The fourth-order valence-corrected chi connectivity index (χ4v) is 1.32. The Kier molecular flexibility index (Phi) is 1.07.